The third-order valence-electron chi connectivity index (χ3n) is 2.51. The fourth-order valence-corrected chi connectivity index (χ4v) is 2.12. The first-order valence-electron chi connectivity index (χ1n) is 5.91. The van der Waals surface area contributed by atoms with Gasteiger partial charge in [-0.05, 0) is 46.5 Å². The lowest BCUT2D eigenvalue weighted by atomic mass is 10.1. The Balaban J connectivity index is 2.45. The molecule has 0 spiro atoms. The Morgan fingerprint density at radius 2 is 2.11 bits per heavy atom. The maximum absolute atomic E-state index is 11.6. The molecule has 0 saturated carbocycles. The van der Waals surface area contributed by atoms with E-state index in [1.807, 2.05) is 19.1 Å². The maximum Gasteiger partial charge on any atom is 0.319 e. The molecule has 1 rings (SSSR count). The Hall–Kier alpha value is -1.56. The van der Waals surface area contributed by atoms with Gasteiger partial charge in [0.25, 0.3) is 0 Å². The second kappa shape index (κ2) is 7.13. The highest BCUT2D eigenvalue weighted by atomic mass is 79.9. The molecule has 2 amide bonds. The average molecular weight is 329 g/mol. The van der Waals surface area contributed by atoms with E-state index in [-0.39, 0.29) is 18.4 Å². The van der Waals surface area contributed by atoms with Crippen LogP contribution in [0.4, 0.5) is 10.5 Å². The number of anilines is 1. The van der Waals surface area contributed by atoms with Crippen LogP contribution in [0.1, 0.15) is 18.9 Å². The van der Waals surface area contributed by atoms with E-state index in [0.29, 0.717) is 12.2 Å². The van der Waals surface area contributed by atoms with Gasteiger partial charge in [-0.1, -0.05) is 13.0 Å². The van der Waals surface area contributed by atoms with Crippen LogP contribution in [0.15, 0.2) is 22.7 Å². The van der Waals surface area contributed by atoms with E-state index in [0.717, 1.165) is 10.0 Å². The number of halogens is 1. The van der Waals surface area contributed by atoms with E-state index in [1.165, 1.54) is 0 Å². The standard InChI is InChI=1S/C13H17BrN2O3/c1-8-3-4-11(10(14)5-8)16-13(19)15-7-9(2)6-12(17)18/h3-5,9H,6-7H2,1-2H3,(H,17,18)(H2,15,16,19). The van der Waals surface area contributed by atoms with Gasteiger partial charge in [-0.2, -0.15) is 0 Å². The molecule has 0 bridgehead atoms. The number of urea groups is 1. The predicted molar refractivity (Wildman–Crippen MR) is 77.3 cm³/mol. The molecule has 0 aliphatic heterocycles. The quantitative estimate of drug-likeness (QED) is 0.777. The van der Waals surface area contributed by atoms with Crippen LogP contribution in [0.2, 0.25) is 0 Å². The number of nitrogens with one attached hydrogen (secondary N) is 2. The highest BCUT2D eigenvalue weighted by Gasteiger charge is 2.10. The summed E-state index contributed by atoms with van der Waals surface area (Å²) in [6.07, 6.45) is 0.0362. The van der Waals surface area contributed by atoms with E-state index >= 15 is 0 Å². The van der Waals surface area contributed by atoms with Crippen molar-refractivity contribution in [1.82, 2.24) is 5.32 Å². The zero-order valence-corrected chi connectivity index (χ0v) is 12.5. The van der Waals surface area contributed by atoms with Gasteiger partial charge >= 0.3 is 12.0 Å². The second-order valence-electron chi connectivity index (χ2n) is 4.52. The molecule has 5 nitrogen and oxygen atoms in total. The molecule has 1 aromatic rings. The van der Waals surface area contributed by atoms with Crippen molar-refractivity contribution in [3.05, 3.63) is 28.2 Å². The number of carboxylic acid groups (broad SMARTS) is 1. The molecule has 6 heteroatoms. The number of rotatable bonds is 5. The number of carbonyl (C=O) groups excluding carboxylic acids is 1. The number of aryl methyl sites for hydroxylation is 1. The molecule has 0 radical (unpaired) electrons. The summed E-state index contributed by atoms with van der Waals surface area (Å²) in [5.74, 6) is -0.972. The Bertz CT molecular complexity index is 477. The molecule has 0 heterocycles. The number of hydrogen-bond donors (Lipinski definition) is 3. The summed E-state index contributed by atoms with van der Waals surface area (Å²) in [5.41, 5.74) is 1.77. The molecule has 1 atom stereocenters. The van der Waals surface area contributed by atoms with E-state index in [1.54, 1.807) is 13.0 Å². The molecule has 0 aromatic heterocycles. The second-order valence-corrected chi connectivity index (χ2v) is 5.38. The predicted octanol–water partition coefficient (Wildman–Crippen LogP) is 2.99. The number of aliphatic carboxylic acids is 1. The van der Waals surface area contributed by atoms with E-state index in [9.17, 15) is 9.59 Å². The van der Waals surface area contributed by atoms with Crippen molar-refractivity contribution < 1.29 is 14.7 Å². The van der Waals surface area contributed by atoms with Crippen LogP contribution in [-0.4, -0.2) is 23.7 Å². The minimum Gasteiger partial charge on any atom is -0.481 e. The minimum absolute atomic E-state index is 0.0362. The Morgan fingerprint density at radius 1 is 1.42 bits per heavy atom. The molecule has 0 saturated heterocycles. The first-order valence-corrected chi connectivity index (χ1v) is 6.70. The molecular formula is C13H17BrN2O3. The normalized spacial score (nSPS) is 11.7. The van der Waals surface area contributed by atoms with Gasteiger partial charge in [-0.15, -0.1) is 0 Å². The molecule has 0 aliphatic rings. The first kappa shape index (κ1) is 15.5. The van der Waals surface area contributed by atoms with Crippen molar-refractivity contribution in [3.63, 3.8) is 0 Å². The van der Waals surface area contributed by atoms with Crippen LogP contribution >= 0.6 is 15.9 Å². The number of carbonyl (C=O) groups is 2. The summed E-state index contributed by atoms with van der Waals surface area (Å²) in [6.45, 7) is 4.06. The molecular weight excluding hydrogens is 312 g/mol. The van der Waals surface area contributed by atoms with Crippen molar-refractivity contribution in [3.8, 4) is 0 Å². The number of benzene rings is 1. The van der Waals surface area contributed by atoms with Crippen molar-refractivity contribution in [2.75, 3.05) is 11.9 Å². The number of carboxylic acids is 1. The molecule has 3 N–H and O–H groups in total. The van der Waals surface area contributed by atoms with Crippen LogP contribution in [-0.2, 0) is 4.79 Å². The SMILES string of the molecule is Cc1ccc(NC(=O)NCC(C)CC(=O)O)c(Br)c1. The van der Waals surface area contributed by atoms with Crippen molar-refractivity contribution in [2.45, 2.75) is 20.3 Å². The third kappa shape index (κ3) is 5.74. The summed E-state index contributed by atoms with van der Waals surface area (Å²) in [7, 11) is 0. The van der Waals surface area contributed by atoms with E-state index < -0.39 is 5.97 Å². The van der Waals surface area contributed by atoms with Gasteiger partial charge in [0, 0.05) is 17.4 Å². The summed E-state index contributed by atoms with van der Waals surface area (Å²) in [4.78, 5) is 22.1. The van der Waals surface area contributed by atoms with Crippen LogP contribution in [0.5, 0.6) is 0 Å². The first-order chi connectivity index (χ1) is 8.88. The lowest BCUT2D eigenvalue weighted by Crippen LogP contribution is -2.33. The smallest absolute Gasteiger partial charge is 0.319 e. The molecule has 1 aromatic carbocycles. The van der Waals surface area contributed by atoms with Crippen LogP contribution in [0.3, 0.4) is 0 Å². The molecule has 104 valence electrons. The van der Waals surface area contributed by atoms with Crippen molar-refractivity contribution >= 4 is 33.6 Å². The van der Waals surface area contributed by atoms with Gasteiger partial charge in [0.2, 0.25) is 0 Å². The summed E-state index contributed by atoms with van der Waals surface area (Å²) in [6, 6.07) is 5.26. The van der Waals surface area contributed by atoms with Crippen LogP contribution in [0.25, 0.3) is 0 Å². The number of hydrogen-bond acceptors (Lipinski definition) is 2. The summed E-state index contributed by atoms with van der Waals surface area (Å²) in [5, 5.41) is 14.0. The fourth-order valence-electron chi connectivity index (χ4n) is 1.53. The largest absolute Gasteiger partial charge is 0.481 e. The maximum atomic E-state index is 11.6. The third-order valence-corrected chi connectivity index (χ3v) is 3.16. The van der Waals surface area contributed by atoms with Gasteiger partial charge < -0.3 is 15.7 Å². The summed E-state index contributed by atoms with van der Waals surface area (Å²) < 4.78 is 0.807. The molecule has 0 fully saturated rings. The Morgan fingerprint density at radius 3 is 2.68 bits per heavy atom. The monoisotopic (exact) mass is 328 g/mol. The van der Waals surface area contributed by atoms with Gasteiger partial charge in [0.15, 0.2) is 0 Å². The highest BCUT2D eigenvalue weighted by Crippen LogP contribution is 2.23. The number of amides is 2. The van der Waals surface area contributed by atoms with Gasteiger partial charge in [0.05, 0.1) is 5.69 Å². The molecule has 0 aliphatic carbocycles. The zero-order chi connectivity index (χ0) is 14.4. The lowest BCUT2D eigenvalue weighted by Gasteiger charge is -2.12. The van der Waals surface area contributed by atoms with Crippen molar-refractivity contribution in [2.24, 2.45) is 5.92 Å². The van der Waals surface area contributed by atoms with E-state index in [2.05, 4.69) is 26.6 Å². The Labute approximate surface area is 120 Å². The minimum atomic E-state index is -0.865. The van der Waals surface area contributed by atoms with Gasteiger partial charge in [0.1, 0.15) is 0 Å². The topological polar surface area (TPSA) is 78.4 Å². The van der Waals surface area contributed by atoms with E-state index in [4.69, 9.17) is 5.11 Å². The molecule has 1 unspecified atom stereocenters. The van der Waals surface area contributed by atoms with Crippen LogP contribution < -0.4 is 10.6 Å². The Kier molecular flexibility index (Phi) is 5.82. The van der Waals surface area contributed by atoms with Crippen LogP contribution in [0, 0.1) is 12.8 Å². The average Bonchev–Trinajstić information content (AvgIpc) is 2.29. The highest BCUT2D eigenvalue weighted by molar-refractivity contribution is 9.10. The van der Waals surface area contributed by atoms with Gasteiger partial charge in [-0.3, -0.25) is 4.79 Å². The zero-order valence-electron chi connectivity index (χ0n) is 10.9. The lowest BCUT2D eigenvalue weighted by molar-refractivity contribution is -0.137. The van der Waals surface area contributed by atoms with Crippen molar-refractivity contribution in [1.29, 1.82) is 0 Å². The fraction of sp³-hybridized carbons (Fsp3) is 0.385. The molecule has 19 heavy (non-hydrogen) atoms. The van der Waals surface area contributed by atoms with Gasteiger partial charge in [-0.25, -0.2) is 4.79 Å². The summed E-state index contributed by atoms with van der Waals surface area (Å²) >= 11 is 3.37.